The van der Waals surface area contributed by atoms with E-state index in [1.807, 2.05) is 31.0 Å². The molecule has 2 N–H and O–H groups in total. The molecule has 1 aromatic heterocycles. The summed E-state index contributed by atoms with van der Waals surface area (Å²) in [7, 11) is 4.05. The molecule has 4 heteroatoms. The van der Waals surface area contributed by atoms with Gasteiger partial charge in [-0.05, 0) is 43.5 Å². The van der Waals surface area contributed by atoms with Crippen LogP contribution in [0.15, 0.2) is 30.6 Å². The Morgan fingerprint density at radius 1 is 1.40 bits per heavy atom. The summed E-state index contributed by atoms with van der Waals surface area (Å²) in [6.07, 6.45) is 4.89. The molecule has 4 nitrogen and oxygen atoms in total. The van der Waals surface area contributed by atoms with Crippen LogP contribution < -0.4 is 10.6 Å². The SMILES string of the molecule is Cc1cc(N(C)Cc2cnn(C)c2)ccc1CC(C)N. The highest BCUT2D eigenvalue weighted by atomic mass is 15.2. The summed E-state index contributed by atoms with van der Waals surface area (Å²) in [6.45, 7) is 5.06. The summed E-state index contributed by atoms with van der Waals surface area (Å²) in [5.74, 6) is 0. The molecule has 108 valence electrons. The second-order valence-corrected chi connectivity index (χ2v) is 5.67. The first-order valence-electron chi connectivity index (χ1n) is 6.99. The van der Waals surface area contributed by atoms with Crippen molar-refractivity contribution in [2.24, 2.45) is 12.8 Å². The lowest BCUT2D eigenvalue weighted by Crippen LogP contribution is -2.19. The third kappa shape index (κ3) is 3.61. The molecule has 1 unspecified atom stereocenters. The number of nitrogens with two attached hydrogens (primary N) is 1. The van der Waals surface area contributed by atoms with Crippen molar-refractivity contribution in [3.8, 4) is 0 Å². The molecule has 0 spiro atoms. The number of aromatic nitrogens is 2. The first-order chi connectivity index (χ1) is 9.45. The fraction of sp³-hybridized carbons (Fsp3) is 0.438. The van der Waals surface area contributed by atoms with Crippen molar-refractivity contribution in [2.45, 2.75) is 32.9 Å². The number of hydrogen-bond acceptors (Lipinski definition) is 3. The predicted octanol–water partition coefficient (Wildman–Crippen LogP) is 2.25. The Morgan fingerprint density at radius 3 is 2.70 bits per heavy atom. The molecule has 0 aliphatic heterocycles. The van der Waals surface area contributed by atoms with Gasteiger partial charge in [0, 0.05) is 44.1 Å². The second-order valence-electron chi connectivity index (χ2n) is 5.67. The Hall–Kier alpha value is -1.81. The maximum absolute atomic E-state index is 5.88. The van der Waals surface area contributed by atoms with E-state index in [1.165, 1.54) is 22.4 Å². The molecule has 0 bridgehead atoms. The van der Waals surface area contributed by atoms with Crippen LogP contribution in [-0.2, 0) is 20.0 Å². The van der Waals surface area contributed by atoms with Crippen LogP contribution in [0.25, 0.3) is 0 Å². The standard InChI is InChI=1S/C16H24N4/c1-12-7-16(6-5-15(12)8-13(2)17)19(3)10-14-9-18-20(4)11-14/h5-7,9,11,13H,8,10,17H2,1-4H3. The van der Waals surface area contributed by atoms with Crippen LogP contribution in [0.2, 0.25) is 0 Å². The third-order valence-corrected chi connectivity index (χ3v) is 3.49. The fourth-order valence-electron chi connectivity index (χ4n) is 2.41. The Bertz CT molecular complexity index is 572. The molecule has 0 fully saturated rings. The first kappa shape index (κ1) is 14.6. The molecule has 2 aromatic rings. The van der Waals surface area contributed by atoms with Gasteiger partial charge < -0.3 is 10.6 Å². The van der Waals surface area contributed by atoms with Crippen molar-refractivity contribution in [2.75, 3.05) is 11.9 Å². The number of nitrogens with zero attached hydrogens (tertiary/aromatic N) is 3. The molecule has 0 amide bonds. The summed E-state index contributed by atoms with van der Waals surface area (Å²) in [5.41, 5.74) is 10.9. The molecule has 0 saturated carbocycles. The van der Waals surface area contributed by atoms with Gasteiger partial charge in [-0.25, -0.2) is 0 Å². The molecule has 1 atom stereocenters. The van der Waals surface area contributed by atoms with Gasteiger partial charge in [-0.15, -0.1) is 0 Å². The van der Waals surface area contributed by atoms with Crippen molar-refractivity contribution < 1.29 is 0 Å². The maximum atomic E-state index is 5.88. The summed E-state index contributed by atoms with van der Waals surface area (Å²) in [6, 6.07) is 6.79. The molecule has 0 aliphatic carbocycles. The molecule has 0 aliphatic rings. The number of aryl methyl sites for hydroxylation is 2. The van der Waals surface area contributed by atoms with Gasteiger partial charge in [-0.2, -0.15) is 5.10 Å². The van der Waals surface area contributed by atoms with E-state index in [1.54, 1.807) is 0 Å². The van der Waals surface area contributed by atoms with E-state index in [4.69, 9.17) is 5.73 Å². The Balaban J connectivity index is 2.10. The number of hydrogen-bond donors (Lipinski definition) is 1. The van der Waals surface area contributed by atoms with E-state index in [0.717, 1.165) is 13.0 Å². The van der Waals surface area contributed by atoms with E-state index in [9.17, 15) is 0 Å². The highest BCUT2D eigenvalue weighted by Gasteiger charge is 2.07. The second kappa shape index (κ2) is 6.09. The predicted molar refractivity (Wildman–Crippen MR) is 83.8 cm³/mol. The zero-order valence-electron chi connectivity index (χ0n) is 12.8. The minimum Gasteiger partial charge on any atom is -0.370 e. The van der Waals surface area contributed by atoms with Gasteiger partial charge in [0.2, 0.25) is 0 Å². The fourth-order valence-corrected chi connectivity index (χ4v) is 2.41. The molecule has 0 saturated heterocycles. The molecular formula is C16H24N4. The Morgan fingerprint density at radius 2 is 2.15 bits per heavy atom. The van der Waals surface area contributed by atoms with Crippen molar-refractivity contribution >= 4 is 5.69 Å². The lowest BCUT2D eigenvalue weighted by atomic mass is 10.0. The van der Waals surface area contributed by atoms with Crippen LogP contribution in [0.4, 0.5) is 5.69 Å². The zero-order valence-corrected chi connectivity index (χ0v) is 12.8. The van der Waals surface area contributed by atoms with E-state index < -0.39 is 0 Å². The van der Waals surface area contributed by atoms with E-state index in [-0.39, 0.29) is 6.04 Å². The van der Waals surface area contributed by atoms with E-state index in [0.29, 0.717) is 0 Å². The van der Waals surface area contributed by atoms with Crippen LogP contribution >= 0.6 is 0 Å². The maximum Gasteiger partial charge on any atom is 0.0539 e. The van der Waals surface area contributed by atoms with Crippen LogP contribution in [0.3, 0.4) is 0 Å². The average molecular weight is 272 g/mol. The van der Waals surface area contributed by atoms with Gasteiger partial charge in [-0.3, -0.25) is 4.68 Å². The lowest BCUT2D eigenvalue weighted by Gasteiger charge is -2.20. The van der Waals surface area contributed by atoms with Gasteiger partial charge in [0.05, 0.1) is 6.20 Å². The molecule has 2 rings (SSSR count). The van der Waals surface area contributed by atoms with E-state index >= 15 is 0 Å². The molecule has 1 aromatic carbocycles. The summed E-state index contributed by atoms with van der Waals surface area (Å²) in [4.78, 5) is 2.24. The smallest absolute Gasteiger partial charge is 0.0539 e. The van der Waals surface area contributed by atoms with Crippen molar-refractivity contribution in [3.63, 3.8) is 0 Å². The topological polar surface area (TPSA) is 47.1 Å². The summed E-state index contributed by atoms with van der Waals surface area (Å²) < 4.78 is 1.83. The average Bonchev–Trinajstić information content (AvgIpc) is 2.76. The molecule has 0 radical (unpaired) electrons. The van der Waals surface area contributed by atoms with Gasteiger partial charge in [0.1, 0.15) is 0 Å². The van der Waals surface area contributed by atoms with Gasteiger partial charge in [0.15, 0.2) is 0 Å². The highest BCUT2D eigenvalue weighted by Crippen LogP contribution is 2.20. The molecule has 20 heavy (non-hydrogen) atoms. The van der Waals surface area contributed by atoms with Gasteiger partial charge >= 0.3 is 0 Å². The largest absolute Gasteiger partial charge is 0.370 e. The van der Waals surface area contributed by atoms with Crippen LogP contribution in [-0.4, -0.2) is 22.9 Å². The van der Waals surface area contributed by atoms with Gasteiger partial charge in [-0.1, -0.05) is 6.07 Å². The minimum atomic E-state index is 0.202. The monoisotopic (exact) mass is 272 g/mol. The van der Waals surface area contributed by atoms with Crippen molar-refractivity contribution in [1.29, 1.82) is 0 Å². The van der Waals surface area contributed by atoms with Crippen LogP contribution in [0.1, 0.15) is 23.6 Å². The normalized spacial score (nSPS) is 12.4. The van der Waals surface area contributed by atoms with Crippen LogP contribution in [0, 0.1) is 6.92 Å². The van der Waals surface area contributed by atoms with Crippen molar-refractivity contribution in [3.05, 3.63) is 47.3 Å². The molecular weight excluding hydrogens is 248 g/mol. The highest BCUT2D eigenvalue weighted by molar-refractivity contribution is 5.50. The third-order valence-electron chi connectivity index (χ3n) is 3.49. The zero-order chi connectivity index (χ0) is 14.7. The minimum absolute atomic E-state index is 0.202. The number of anilines is 1. The lowest BCUT2D eigenvalue weighted by molar-refractivity contribution is 0.734. The number of rotatable bonds is 5. The Kier molecular flexibility index (Phi) is 4.45. The Labute approximate surface area is 121 Å². The summed E-state index contributed by atoms with van der Waals surface area (Å²) >= 11 is 0. The summed E-state index contributed by atoms with van der Waals surface area (Å²) in [5, 5.41) is 4.20. The van der Waals surface area contributed by atoms with Gasteiger partial charge in [0.25, 0.3) is 0 Å². The first-order valence-corrected chi connectivity index (χ1v) is 6.99. The molecule has 1 heterocycles. The van der Waals surface area contributed by atoms with E-state index in [2.05, 4.69) is 42.2 Å². The van der Waals surface area contributed by atoms with Crippen LogP contribution in [0.5, 0.6) is 0 Å². The quantitative estimate of drug-likeness (QED) is 0.908. The number of benzene rings is 1. The van der Waals surface area contributed by atoms with Crippen molar-refractivity contribution in [1.82, 2.24) is 9.78 Å².